The van der Waals surface area contributed by atoms with Gasteiger partial charge < -0.3 is 0 Å². The van der Waals surface area contributed by atoms with Gasteiger partial charge in [0.1, 0.15) is 0 Å². The van der Waals surface area contributed by atoms with E-state index in [1.807, 2.05) is 12.1 Å². The lowest BCUT2D eigenvalue weighted by Crippen LogP contribution is -2.16. The summed E-state index contributed by atoms with van der Waals surface area (Å²) in [5.74, 6) is 0. The Balaban J connectivity index is 2.56. The zero-order valence-electron chi connectivity index (χ0n) is 9.64. The third kappa shape index (κ3) is 3.17. The van der Waals surface area contributed by atoms with Gasteiger partial charge in [0.25, 0.3) is 0 Å². The third-order valence-electron chi connectivity index (χ3n) is 2.84. The number of hydrogen-bond acceptors (Lipinski definition) is 0. The zero-order chi connectivity index (χ0) is 10.4. The lowest BCUT2D eigenvalue weighted by molar-refractivity contribution is 0.449. The summed E-state index contributed by atoms with van der Waals surface area (Å²) in [5, 5.41) is 0. The fourth-order valence-corrected chi connectivity index (χ4v) is 1.77. The van der Waals surface area contributed by atoms with Crippen molar-refractivity contribution < 1.29 is 0 Å². The van der Waals surface area contributed by atoms with Crippen LogP contribution in [0.25, 0.3) is 0 Å². The van der Waals surface area contributed by atoms with Crippen molar-refractivity contribution in [1.29, 1.82) is 0 Å². The molecule has 1 radical (unpaired) electrons. The van der Waals surface area contributed by atoms with Gasteiger partial charge in [-0.15, -0.1) is 0 Å². The quantitative estimate of drug-likeness (QED) is 0.604. The third-order valence-corrected chi connectivity index (χ3v) is 2.84. The molecule has 0 spiro atoms. The summed E-state index contributed by atoms with van der Waals surface area (Å²) in [5.41, 5.74) is 1.63. The molecular weight excluding hydrogens is 168 g/mol. The van der Waals surface area contributed by atoms with E-state index >= 15 is 0 Å². The molecule has 14 heavy (non-hydrogen) atoms. The average Bonchev–Trinajstić information content (AvgIpc) is 2.19. The van der Waals surface area contributed by atoms with Crippen LogP contribution in [-0.2, 0) is 5.41 Å². The molecule has 0 amide bonds. The van der Waals surface area contributed by atoms with Crippen LogP contribution >= 0.6 is 0 Å². The highest BCUT2D eigenvalue weighted by Crippen LogP contribution is 2.28. The molecule has 1 aromatic rings. The minimum absolute atomic E-state index is 0.288. The van der Waals surface area contributed by atoms with Crippen LogP contribution in [0.3, 0.4) is 0 Å². The highest BCUT2D eigenvalue weighted by molar-refractivity contribution is 5.21. The van der Waals surface area contributed by atoms with Gasteiger partial charge in [0.2, 0.25) is 0 Å². The molecule has 0 aliphatic rings. The topological polar surface area (TPSA) is 0 Å². The molecule has 0 heteroatoms. The molecule has 77 valence electrons. The highest BCUT2D eigenvalue weighted by atomic mass is 14.2. The van der Waals surface area contributed by atoms with E-state index in [1.54, 1.807) is 0 Å². The van der Waals surface area contributed by atoms with Gasteiger partial charge in [-0.3, -0.25) is 0 Å². The van der Waals surface area contributed by atoms with Gasteiger partial charge in [-0.1, -0.05) is 64.3 Å². The fraction of sp³-hybridized carbons (Fsp3) is 0.571. The van der Waals surface area contributed by atoms with Crippen molar-refractivity contribution in [2.24, 2.45) is 0 Å². The first-order chi connectivity index (χ1) is 6.67. The van der Waals surface area contributed by atoms with E-state index in [9.17, 15) is 0 Å². The zero-order valence-corrected chi connectivity index (χ0v) is 9.64. The van der Waals surface area contributed by atoms with E-state index in [0.717, 1.165) is 0 Å². The van der Waals surface area contributed by atoms with Crippen LogP contribution in [0.2, 0.25) is 0 Å². The molecule has 0 aliphatic carbocycles. The molecular formula is C14H21. The first-order valence-corrected chi connectivity index (χ1v) is 5.64. The Morgan fingerprint density at radius 3 is 2.57 bits per heavy atom. The second-order valence-electron chi connectivity index (χ2n) is 4.62. The van der Waals surface area contributed by atoms with Gasteiger partial charge in [0, 0.05) is 0 Å². The molecule has 0 nitrogen and oxygen atoms in total. The van der Waals surface area contributed by atoms with Crippen LogP contribution in [-0.4, -0.2) is 0 Å². The molecule has 0 aromatic heterocycles. The highest BCUT2D eigenvalue weighted by Gasteiger charge is 2.19. The molecule has 0 aliphatic heterocycles. The van der Waals surface area contributed by atoms with Crippen molar-refractivity contribution in [2.45, 2.75) is 51.9 Å². The number of benzene rings is 1. The molecule has 0 atom stereocenters. The number of hydrogen-bond donors (Lipinski definition) is 0. The van der Waals surface area contributed by atoms with Gasteiger partial charge in [0.05, 0.1) is 0 Å². The van der Waals surface area contributed by atoms with E-state index in [1.165, 1.54) is 31.2 Å². The van der Waals surface area contributed by atoms with Crippen molar-refractivity contribution in [3.8, 4) is 0 Å². The molecule has 0 saturated carbocycles. The summed E-state index contributed by atoms with van der Waals surface area (Å²) in [7, 11) is 0. The van der Waals surface area contributed by atoms with E-state index < -0.39 is 0 Å². The molecule has 0 saturated heterocycles. The van der Waals surface area contributed by atoms with Crippen molar-refractivity contribution in [3.05, 3.63) is 35.9 Å². The lowest BCUT2D eigenvalue weighted by atomic mass is 9.80. The van der Waals surface area contributed by atoms with Crippen molar-refractivity contribution >= 4 is 0 Å². The Hall–Kier alpha value is -0.780. The molecule has 0 fully saturated rings. The summed E-state index contributed by atoms with van der Waals surface area (Å²) in [6.45, 7) is 6.88. The van der Waals surface area contributed by atoms with E-state index in [-0.39, 0.29) is 5.41 Å². The minimum atomic E-state index is 0.288. The van der Waals surface area contributed by atoms with Crippen LogP contribution in [0, 0.1) is 6.07 Å². The summed E-state index contributed by atoms with van der Waals surface area (Å²) in [6, 6.07) is 11.7. The molecule has 1 aromatic carbocycles. The predicted octanol–water partition coefficient (Wildman–Crippen LogP) is 4.34. The second kappa shape index (κ2) is 5.19. The smallest absolute Gasteiger partial charge is 0.00974 e. The Morgan fingerprint density at radius 2 is 2.00 bits per heavy atom. The van der Waals surface area contributed by atoms with Gasteiger partial charge in [0.15, 0.2) is 0 Å². The van der Waals surface area contributed by atoms with Crippen molar-refractivity contribution in [1.82, 2.24) is 0 Å². The summed E-state index contributed by atoms with van der Waals surface area (Å²) < 4.78 is 0. The van der Waals surface area contributed by atoms with Gasteiger partial charge in [-0.25, -0.2) is 0 Å². The largest absolute Gasteiger partial charge is 0.0654 e. The van der Waals surface area contributed by atoms with Gasteiger partial charge in [-0.05, 0) is 23.5 Å². The monoisotopic (exact) mass is 189 g/mol. The molecule has 1 rings (SSSR count). The van der Waals surface area contributed by atoms with Crippen molar-refractivity contribution in [3.63, 3.8) is 0 Å². The van der Waals surface area contributed by atoms with Crippen LogP contribution < -0.4 is 0 Å². The standard InChI is InChI=1S/C14H21/c1-4-5-9-12-14(2,3)13-10-7-6-8-11-13/h6-8,10H,4-5,9,12H2,1-3H3. The Labute approximate surface area is 88.4 Å². The SMILES string of the molecule is CCCCCC(C)(C)c1[c]cccc1. The van der Waals surface area contributed by atoms with Crippen molar-refractivity contribution in [2.75, 3.05) is 0 Å². The second-order valence-corrected chi connectivity index (χ2v) is 4.62. The maximum atomic E-state index is 3.34. The Bertz CT molecular complexity index is 246. The van der Waals surface area contributed by atoms with Gasteiger partial charge >= 0.3 is 0 Å². The number of rotatable bonds is 5. The maximum Gasteiger partial charge on any atom is -0.00974 e. The van der Waals surface area contributed by atoms with E-state index in [2.05, 4.69) is 39.0 Å². The fourth-order valence-electron chi connectivity index (χ4n) is 1.77. The summed E-state index contributed by atoms with van der Waals surface area (Å²) >= 11 is 0. The summed E-state index contributed by atoms with van der Waals surface area (Å²) in [4.78, 5) is 0. The maximum absolute atomic E-state index is 3.34. The minimum Gasteiger partial charge on any atom is -0.0654 e. The van der Waals surface area contributed by atoms with Crippen LogP contribution in [0.4, 0.5) is 0 Å². The van der Waals surface area contributed by atoms with E-state index in [0.29, 0.717) is 0 Å². The average molecular weight is 189 g/mol. The first-order valence-electron chi connectivity index (χ1n) is 5.64. The first kappa shape index (κ1) is 11.3. The number of unbranched alkanes of at least 4 members (excludes halogenated alkanes) is 2. The Kier molecular flexibility index (Phi) is 4.19. The van der Waals surface area contributed by atoms with Crippen LogP contribution in [0.15, 0.2) is 24.3 Å². The summed E-state index contributed by atoms with van der Waals surface area (Å²) in [6.07, 6.45) is 5.23. The normalized spacial score (nSPS) is 11.6. The lowest BCUT2D eigenvalue weighted by Gasteiger charge is -2.24. The molecule has 0 bridgehead atoms. The van der Waals surface area contributed by atoms with Crippen LogP contribution in [0.5, 0.6) is 0 Å². The van der Waals surface area contributed by atoms with Gasteiger partial charge in [-0.2, -0.15) is 0 Å². The molecule has 0 heterocycles. The van der Waals surface area contributed by atoms with E-state index in [4.69, 9.17) is 0 Å². The van der Waals surface area contributed by atoms with Crippen LogP contribution in [0.1, 0.15) is 52.0 Å². The molecule has 0 N–H and O–H groups in total. The Morgan fingerprint density at radius 1 is 1.21 bits per heavy atom. The predicted molar refractivity (Wildman–Crippen MR) is 62.4 cm³/mol. The molecule has 0 unspecified atom stereocenters.